The number of hydrogen-bond donors (Lipinski definition) is 3. The summed E-state index contributed by atoms with van der Waals surface area (Å²) in [5.41, 5.74) is 0. The molecule has 124 valence electrons. The Morgan fingerprint density at radius 2 is 1.71 bits per heavy atom. The highest BCUT2D eigenvalue weighted by Gasteiger charge is 2.16. The van der Waals surface area contributed by atoms with Crippen molar-refractivity contribution in [2.24, 2.45) is 0 Å². The first-order valence-electron chi connectivity index (χ1n) is 8.40. The van der Waals surface area contributed by atoms with Crippen LogP contribution in [0.1, 0.15) is 71.6 Å². The first-order valence-corrected chi connectivity index (χ1v) is 8.40. The van der Waals surface area contributed by atoms with E-state index < -0.39 is 12.1 Å². The zero-order valence-corrected chi connectivity index (χ0v) is 13.7. The van der Waals surface area contributed by atoms with E-state index in [1.807, 2.05) is 6.08 Å². The van der Waals surface area contributed by atoms with Crippen molar-refractivity contribution in [2.45, 2.75) is 83.8 Å². The SMILES string of the molecule is CCCCCCCCC/C=C/C(O)C(CO)NC(=O)CC. The molecule has 0 fully saturated rings. The molecule has 0 bridgehead atoms. The third-order valence-electron chi connectivity index (χ3n) is 3.58. The molecule has 2 unspecified atom stereocenters. The summed E-state index contributed by atoms with van der Waals surface area (Å²) in [5.74, 6) is -0.159. The van der Waals surface area contributed by atoms with Crippen LogP contribution in [0.5, 0.6) is 0 Å². The lowest BCUT2D eigenvalue weighted by Crippen LogP contribution is -2.44. The molecule has 21 heavy (non-hydrogen) atoms. The molecule has 0 aromatic heterocycles. The molecule has 4 heteroatoms. The van der Waals surface area contributed by atoms with Gasteiger partial charge in [-0.2, -0.15) is 0 Å². The molecular weight excluding hydrogens is 266 g/mol. The van der Waals surface area contributed by atoms with Gasteiger partial charge in [0.2, 0.25) is 5.91 Å². The highest BCUT2D eigenvalue weighted by Crippen LogP contribution is 2.09. The van der Waals surface area contributed by atoms with Crippen molar-refractivity contribution in [3.63, 3.8) is 0 Å². The van der Waals surface area contributed by atoms with Gasteiger partial charge in [-0.1, -0.05) is 64.5 Å². The first kappa shape index (κ1) is 20.1. The lowest BCUT2D eigenvalue weighted by atomic mass is 10.1. The van der Waals surface area contributed by atoms with Crippen LogP contribution in [-0.2, 0) is 4.79 Å². The number of nitrogens with one attached hydrogen (secondary N) is 1. The smallest absolute Gasteiger partial charge is 0.220 e. The Labute approximate surface area is 129 Å². The fraction of sp³-hybridized carbons (Fsp3) is 0.824. The summed E-state index contributed by atoms with van der Waals surface area (Å²) < 4.78 is 0. The van der Waals surface area contributed by atoms with Crippen molar-refractivity contribution in [3.05, 3.63) is 12.2 Å². The van der Waals surface area contributed by atoms with Gasteiger partial charge >= 0.3 is 0 Å². The number of amides is 1. The average Bonchev–Trinajstić information content (AvgIpc) is 2.50. The van der Waals surface area contributed by atoms with Crippen LogP contribution < -0.4 is 5.32 Å². The van der Waals surface area contributed by atoms with Gasteiger partial charge in [0.1, 0.15) is 0 Å². The van der Waals surface area contributed by atoms with Crippen LogP contribution in [0.4, 0.5) is 0 Å². The molecule has 2 atom stereocenters. The number of rotatable bonds is 13. The summed E-state index contributed by atoms with van der Waals surface area (Å²) in [5, 5.41) is 21.7. The fourth-order valence-corrected chi connectivity index (χ4v) is 2.14. The molecule has 0 aliphatic rings. The second kappa shape index (κ2) is 14.1. The van der Waals surface area contributed by atoms with E-state index in [-0.39, 0.29) is 12.5 Å². The maximum Gasteiger partial charge on any atom is 0.220 e. The molecule has 0 rings (SSSR count). The van der Waals surface area contributed by atoms with Crippen LogP contribution in [0, 0.1) is 0 Å². The van der Waals surface area contributed by atoms with Gasteiger partial charge in [-0.3, -0.25) is 4.79 Å². The van der Waals surface area contributed by atoms with E-state index in [1.54, 1.807) is 13.0 Å². The monoisotopic (exact) mass is 299 g/mol. The van der Waals surface area contributed by atoms with Crippen molar-refractivity contribution in [1.82, 2.24) is 5.32 Å². The van der Waals surface area contributed by atoms with Gasteiger partial charge in [0.25, 0.3) is 0 Å². The van der Waals surface area contributed by atoms with Crippen LogP contribution in [0.2, 0.25) is 0 Å². The van der Waals surface area contributed by atoms with Gasteiger partial charge in [0, 0.05) is 6.42 Å². The second-order valence-electron chi connectivity index (χ2n) is 5.54. The Balaban J connectivity index is 3.72. The molecule has 0 saturated heterocycles. The van der Waals surface area contributed by atoms with Gasteiger partial charge in [-0.05, 0) is 12.8 Å². The van der Waals surface area contributed by atoms with E-state index in [1.165, 1.54) is 38.5 Å². The molecule has 4 nitrogen and oxygen atoms in total. The maximum atomic E-state index is 11.3. The third-order valence-corrected chi connectivity index (χ3v) is 3.58. The summed E-state index contributed by atoms with van der Waals surface area (Å²) in [6, 6.07) is -0.609. The zero-order chi connectivity index (χ0) is 15.9. The van der Waals surface area contributed by atoms with Gasteiger partial charge in [0.15, 0.2) is 0 Å². The summed E-state index contributed by atoms with van der Waals surface area (Å²) in [7, 11) is 0. The summed E-state index contributed by atoms with van der Waals surface area (Å²) in [6.07, 6.45) is 13.0. The Kier molecular flexibility index (Phi) is 13.5. The van der Waals surface area contributed by atoms with Crippen LogP contribution in [0.3, 0.4) is 0 Å². The van der Waals surface area contributed by atoms with E-state index in [2.05, 4.69) is 12.2 Å². The highest BCUT2D eigenvalue weighted by atomic mass is 16.3. The molecule has 1 amide bonds. The summed E-state index contributed by atoms with van der Waals surface area (Å²) in [4.78, 5) is 11.3. The Morgan fingerprint density at radius 1 is 1.10 bits per heavy atom. The van der Waals surface area contributed by atoms with E-state index in [9.17, 15) is 15.0 Å². The van der Waals surface area contributed by atoms with Gasteiger partial charge in [-0.15, -0.1) is 0 Å². The molecule has 0 heterocycles. The number of unbranched alkanes of at least 4 members (excludes halogenated alkanes) is 7. The minimum atomic E-state index is -0.824. The van der Waals surface area contributed by atoms with E-state index in [0.717, 1.165) is 12.8 Å². The van der Waals surface area contributed by atoms with Gasteiger partial charge < -0.3 is 15.5 Å². The average molecular weight is 299 g/mol. The quantitative estimate of drug-likeness (QED) is 0.362. The molecular formula is C17H33NO3. The standard InChI is InChI=1S/C17H33NO3/c1-3-5-6-7-8-9-10-11-12-13-16(20)15(14-19)18-17(21)4-2/h12-13,15-16,19-20H,3-11,14H2,1-2H3,(H,18,21)/b13-12+. The van der Waals surface area contributed by atoms with Crippen LogP contribution in [0.25, 0.3) is 0 Å². The summed E-state index contributed by atoms with van der Waals surface area (Å²) in [6.45, 7) is 3.71. The first-order chi connectivity index (χ1) is 10.2. The van der Waals surface area contributed by atoms with E-state index in [0.29, 0.717) is 6.42 Å². The van der Waals surface area contributed by atoms with E-state index in [4.69, 9.17) is 0 Å². The number of hydrogen-bond acceptors (Lipinski definition) is 3. The molecule has 0 spiro atoms. The summed E-state index contributed by atoms with van der Waals surface area (Å²) >= 11 is 0. The molecule has 0 aromatic carbocycles. The number of aliphatic hydroxyl groups excluding tert-OH is 2. The minimum Gasteiger partial charge on any atom is -0.394 e. The van der Waals surface area contributed by atoms with Crippen molar-refractivity contribution in [2.75, 3.05) is 6.61 Å². The highest BCUT2D eigenvalue weighted by molar-refractivity contribution is 5.75. The Morgan fingerprint density at radius 3 is 2.29 bits per heavy atom. The number of carbonyl (C=O) groups is 1. The lowest BCUT2D eigenvalue weighted by molar-refractivity contribution is -0.122. The maximum absolute atomic E-state index is 11.3. The van der Waals surface area contributed by atoms with Gasteiger partial charge in [0.05, 0.1) is 18.8 Å². The number of allylic oxidation sites excluding steroid dienone is 1. The van der Waals surface area contributed by atoms with Crippen molar-refractivity contribution in [3.8, 4) is 0 Å². The molecule has 0 aliphatic heterocycles. The minimum absolute atomic E-state index is 0.159. The second-order valence-corrected chi connectivity index (χ2v) is 5.54. The Bertz CT molecular complexity index is 279. The van der Waals surface area contributed by atoms with Gasteiger partial charge in [-0.25, -0.2) is 0 Å². The lowest BCUT2D eigenvalue weighted by Gasteiger charge is -2.19. The zero-order valence-electron chi connectivity index (χ0n) is 13.7. The van der Waals surface area contributed by atoms with Crippen molar-refractivity contribution >= 4 is 5.91 Å². The predicted molar refractivity (Wildman–Crippen MR) is 87.1 cm³/mol. The predicted octanol–water partition coefficient (Wildman–Crippen LogP) is 2.93. The van der Waals surface area contributed by atoms with Crippen molar-refractivity contribution in [1.29, 1.82) is 0 Å². The normalized spacial score (nSPS) is 14.3. The van der Waals surface area contributed by atoms with Crippen LogP contribution in [0.15, 0.2) is 12.2 Å². The largest absolute Gasteiger partial charge is 0.394 e. The van der Waals surface area contributed by atoms with Crippen LogP contribution >= 0.6 is 0 Å². The molecule has 0 aromatic rings. The molecule has 0 radical (unpaired) electrons. The molecule has 0 aliphatic carbocycles. The topological polar surface area (TPSA) is 69.6 Å². The Hall–Kier alpha value is -0.870. The molecule has 3 N–H and O–H groups in total. The van der Waals surface area contributed by atoms with Crippen molar-refractivity contribution < 1.29 is 15.0 Å². The molecule has 0 saturated carbocycles. The fourth-order valence-electron chi connectivity index (χ4n) is 2.14. The van der Waals surface area contributed by atoms with Crippen LogP contribution in [-0.4, -0.2) is 34.9 Å². The van der Waals surface area contributed by atoms with E-state index >= 15 is 0 Å². The number of carbonyl (C=O) groups excluding carboxylic acids is 1. The number of aliphatic hydroxyl groups is 2. The third kappa shape index (κ3) is 11.5.